The van der Waals surface area contributed by atoms with Gasteiger partial charge in [-0.2, -0.15) is 4.98 Å². The minimum atomic E-state index is 0.281. The van der Waals surface area contributed by atoms with Gasteiger partial charge in [-0.1, -0.05) is 24.9 Å². The van der Waals surface area contributed by atoms with Crippen LogP contribution in [-0.4, -0.2) is 23.1 Å². The molecular formula is C13H21ClN4. The Kier molecular flexibility index (Phi) is 4.27. The van der Waals surface area contributed by atoms with Crippen LogP contribution in [0, 0.1) is 5.92 Å². The van der Waals surface area contributed by atoms with Crippen molar-refractivity contribution in [2.45, 2.75) is 45.1 Å². The topological polar surface area (TPSA) is 55.0 Å². The van der Waals surface area contributed by atoms with Crippen LogP contribution in [0.1, 0.15) is 39.0 Å². The molecule has 1 aliphatic rings. The zero-order valence-corrected chi connectivity index (χ0v) is 11.8. The summed E-state index contributed by atoms with van der Waals surface area (Å²) in [7, 11) is 2.05. The van der Waals surface area contributed by atoms with Gasteiger partial charge in [0, 0.05) is 13.1 Å². The number of halogens is 1. The van der Waals surface area contributed by atoms with Crippen LogP contribution in [0.2, 0.25) is 5.02 Å². The summed E-state index contributed by atoms with van der Waals surface area (Å²) in [5.74, 6) is 1.92. The summed E-state index contributed by atoms with van der Waals surface area (Å²) < 4.78 is 0. The maximum Gasteiger partial charge on any atom is 0.222 e. The second-order valence-corrected chi connectivity index (χ2v) is 5.50. The summed E-state index contributed by atoms with van der Waals surface area (Å²) >= 11 is 6.14. The maximum atomic E-state index is 6.14. The SMILES string of the molecule is CCC1CCC(N(C)c2nc(N)ncc2Cl)CC1. The van der Waals surface area contributed by atoms with Crippen molar-refractivity contribution in [3.63, 3.8) is 0 Å². The van der Waals surface area contributed by atoms with Crippen LogP contribution in [0.15, 0.2) is 6.20 Å². The predicted octanol–water partition coefficient (Wildman–Crippen LogP) is 3.12. The molecular weight excluding hydrogens is 248 g/mol. The lowest BCUT2D eigenvalue weighted by atomic mass is 9.84. The highest BCUT2D eigenvalue weighted by molar-refractivity contribution is 6.32. The number of nitrogens with two attached hydrogens (primary N) is 1. The van der Waals surface area contributed by atoms with Gasteiger partial charge in [-0.05, 0) is 31.6 Å². The summed E-state index contributed by atoms with van der Waals surface area (Å²) in [5.41, 5.74) is 5.63. The summed E-state index contributed by atoms with van der Waals surface area (Å²) in [6.45, 7) is 2.27. The van der Waals surface area contributed by atoms with E-state index in [2.05, 4.69) is 21.8 Å². The molecule has 1 heterocycles. The van der Waals surface area contributed by atoms with E-state index in [0.29, 0.717) is 11.1 Å². The molecule has 1 aromatic rings. The van der Waals surface area contributed by atoms with Gasteiger partial charge in [0.2, 0.25) is 5.95 Å². The first-order valence-corrected chi connectivity index (χ1v) is 7.00. The third-order valence-electron chi connectivity index (χ3n) is 4.02. The molecule has 100 valence electrons. The van der Waals surface area contributed by atoms with Gasteiger partial charge in [0.25, 0.3) is 0 Å². The Balaban J connectivity index is 2.07. The van der Waals surface area contributed by atoms with E-state index in [1.54, 1.807) is 6.20 Å². The van der Waals surface area contributed by atoms with E-state index in [1.807, 2.05) is 7.05 Å². The van der Waals surface area contributed by atoms with Gasteiger partial charge in [0.1, 0.15) is 5.02 Å². The van der Waals surface area contributed by atoms with Crippen molar-refractivity contribution in [3.05, 3.63) is 11.2 Å². The quantitative estimate of drug-likeness (QED) is 0.915. The second kappa shape index (κ2) is 5.74. The minimum Gasteiger partial charge on any atom is -0.368 e. The van der Waals surface area contributed by atoms with Gasteiger partial charge in [-0.3, -0.25) is 0 Å². The van der Waals surface area contributed by atoms with Crippen LogP contribution in [-0.2, 0) is 0 Å². The summed E-state index contributed by atoms with van der Waals surface area (Å²) in [4.78, 5) is 10.3. The number of rotatable bonds is 3. The Morgan fingerprint density at radius 2 is 2.06 bits per heavy atom. The van der Waals surface area contributed by atoms with Gasteiger partial charge < -0.3 is 10.6 Å². The first-order chi connectivity index (χ1) is 8.61. The molecule has 0 amide bonds. The zero-order valence-electron chi connectivity index (χ0n) is 11.1. The average Bonchev–Trinajstić information content (AvgIpc) is 2.41. The Morgan fingerprint density at radius 3 is 2.67 bits per heavy atom. The van der Waals surface area contributed by atoms with Crippen molar-refractivity contribution in [2.24, 2.45) is 5.92 Å². The fraction of sp³-hybridized carbons (Fsp3) is 0.692. The molecule has 0 bridgehead atoms. The van der Waals surface area contributed by atoms with E-state index in [1.165, 1.54) is 32.1 Å². The smallest absolute Gasteiger partial charge is 0.222 e. The van der Waals surface area contributed by atoms with Crippen LogP contribution in [0.25, 0.3) is 0 Å². The zero-order chi connectivity index (χ0) is 13.1. The van der Waals surface area contributed by atoms with Crippen molar-refractivity contribution in [1.82, 2.24) is 9.97 Å². The normalized spacial score (nSPS) is 23.9. The van der Waals surface area contributed by atoms with Gasteiger partial charge in [-0.15, -0.1) is 0 Å². The average molecular weight is 269 g/mol. The highest BCUT2D eigenvalue weighted by atomic mass is 35.5. The van der Waals surface area contributed by atoms with Crippen LogP contribution >= 0.6 is 11.6 Å². The van der Waals surface area contributed by atoms with E-state index in [-0.39, 0.29) is 5.95 Å². The van der Waals surface area contributed by atoms with E-state index in [9.17, 15) is 0 Å². The molecule has 0 saturated heterocycles. The van der Waals surface area contributed by atoms with E-state index < -0.39 is 0 Å². The van der Waals surface area contributed by atoms with Crippen LogP contribution < -0.4 is 10.6 Å². The fourth-order valence-corrected chi connectivity index (χ4v) is 2.96. The van der Waals surface area contributed by atoms with Crippen molar-refractivity contribution in [2.75, 3.05) is 17.7 Å². The first-order valence-electron chi connectivity index (χ1n) is 6.62. The third kappa shape index (κ3) is 2.86. The lowest BCUT2D eigenvalue weighted by Gasteiger charge is -2.35. The highest BCUT2D eigenvalue weighted by Gasteiger charge is 2.25. The van der Waals surface area contributed by atoms with Crippen molar-refractivity contribution in [3.8, 4) is 0 Å². The fourth-order valence-electron chi connectivity index (χ4n) is 2.73. The second-order valence-electron chi connectivity index (χ2n) is 5.09. The molecule has 0 unspecified atom stereocenters. The van der Waals surface area contributed by atoms with Crippen molar-refractivity contribution < 1.29 is 0 Å². The van der Waals surface area contributed by atoms with Gasteiger partial charge in [-0.25, -0.2) is 4.98 Å². The lowest BCUT2D eigenvalue weighted by Crippen LogP contribution is -2.36. The molecule has 1 saturated carbocycles. The Morgan fingerprint density at radius 1 is 1.39 bits per heavy atom. The Bertz CT molecular complexity index is 402. The van der Waals surface area contributed by atoms with Crippen LogP contribution in [0.3, 0.4) is 0 Å². The molecule has 1 aliphatic carbocycles. The molecule has 0 atom stereocenters. The Labute approximate surface area is 114 Å². The van der Waals surface area contributed by atoms with Gasteiger partial charge in [0.15, 0.2) is 5.82 Å². The van der Waals surface area contributed by atoms with Crippen molar-refractivity contribution >= 4 is 23.4 Å². The van der Waals surface area contributed by atoms with E-state index in [0.717, 1.165) is 11.7 Å². The highest BCUT2D eigenvalue weighted by Crippen LogP contribution is 2.32. The number of aromatic nitrogens is 2. The van der Waals surface area contributed by atoms with Gasteiger partial charge >= 0.3 is 0 Å². The maximum absolute atomic E-state index is 6.14. The third-order valence-corrected chi connectivity index (χ3v) is 4.29. The molecule has 0 radical (unpaired) electrons. The molecule has 5 heteroatoms. The molecule has 0 aliphatic heterocycles. The molecule has 18 heavy (non-hydrogen) atoms. The van der Waals surface area contributed by atoms with Crippen molar-refractivity contribution in [1.29, 1.82) is 0 Å². The Hall–Kier alpha value is -1.03. The molecule has 1 fully saturated rings. The van der Waals surface area contributed by atoms with Crippen LogP contribution in [0.4, 0.5) is 11.8 Å². The number of anilines is 2. The predicted molar refractivity (Wildman–Crippen MR) is 75.9 cm³/mol. The lowest BCUT2D eigenvalue weighted by molar-refractivity contribution is 0.313. The van der Waals surface area contributed by atoms with Crippen LogP contribution in [0.5, 0.6) is 0 Å². The minimum absolute atomic E-state index is 0.281. The first kappa shape index (κ1) is 13.4. The summed E-state index contributed by atoms with van der Waals surface area (Å²) in [6, 6.07) is 0.514. The standard InChI is InChI=1S/C13H21ClN4/c1-3-9-4-6-10(7-5-9)18(2)12-11(14)8-16-13(15)17-12/h8-10H,3-7H2,1-2H3,(H2,15,16,17). The number of hydrogen-bond acceptors (Lipinski definition) is 4. The summed E-state index contributed by atoms with van der Waals surface area (Å²) in [6.07, 6.45) is 7.86. The molecule has 0 spiro atoms. The number of hydrogen-bond donors (Lipinski definition) is 1. The molecule has 0 aromatic carbocycles. The number of nitrogen functional groups attached to an aromatic ring is 1. The van der Waals surface area contributed by atoms with E-state index in [4.69, 9.17) is 17.3 Å². The largest absolute Gasteiger partial charge is 0.368 e. The van der Waals surface area contributed by atoms with E-state index >= 15 is 0 Å². The monoisotopic (exact) mass is 268 g/mol. The van der Waals surface area contributed by atoms with Gasteiger partial charge in [0.05, 0.1) is 6.20 Å². The molecule has 1 aromatic heterocycles. The summed E-state index contributed by atoms with van der Waals surface area (Å²) in [5, 5.41) is 0.573. The molecule has 2 rings (SSSR count). The molecule has 2 N–H and O–H groups in total. The molecule has 4 nitrogen and oxygen atoms in total. The number of nitrogens with zero attached hydrogens (tertiary/aromatic N) is 3.